The highest BCUT2D eigenvalue weighted by Crippen LogP contribution is 2.18. The van der Waals surface area contributed by atoms with Crippen molar-refractivity contribution in [3.8, 4) is 0 Å². The minimum atomic E-state index is -1.18. The van der Waals surface area contributed by atoms with Crippen LogP contribution in [0.2, 0.25) is 0 Å². The molecule has 98 valence electrons. The summed E-state index contributed by atoms with van der Waals surface area (Å²) in [5.41, 5.74) is 0.531. The molecule has 2 N–H and O–H groups in total. The van der Waals surface area contributed by atoms with E-state index >= 15 is 0 Å². The van der Waals surface area contributed by atoms with Crippen LogP contribution in [0.5, 0.6) is 0 Å². The van der Waals surface area contributed by atoms with Crippen molar-refractivity contribution in [3.63, 3.8) is 0 Å². The molecule has 1 amide bonds. The number of aromatic nitrogens is 2. The number of carboxylic acid groups (broad SMARTS) is 1. The summed E-state index contributed by atoms with van der Waals surface area (Å²) in [5.74, 6) is -1.68. The SMILES string of the molecule is Cn1ncc(C(=O)O)c1C(=O)Nc1ccccc1I. The molecule has 0 unspecified atom stereocenters. The lowest BCUT2D eigenvalue weighted by molar-refractivity contribution is 0.0692. The van der Waals surface area contributed by atoms with E-state index in [-0.39, 0.29) is 11.3 Å². The topological polar surface area (TPSA) is 84.2 Å². The highest BCUT2D eigenvalue weighted by molar-refractivity contribution is 14.1. The van der Waals surface area contributed by atoms with Crippen LogP contribution < -0.4 is 5.32 Å². The molecule has 7 heteroatoms. The zero-order valence-electron chi connectivity index (χ0n) is 9.92. The van der Waals surface area contributed by atoms with E-state index < -0.39 is 11.9 Å². The standard InChI is InChI=1S/C12H10IN3O3/c1-16-10(7(6-14-16)12(18)19)11(17)15-9-5-3-2-4-8(9)13/h2-6H,1H3,(H,15,17)(H,18,19). The smallest absolute Gasteiger partial charge is 0.339 e. The molecule has 0 saturated heterocycles. The van der Waals surface area contributed by atoms with Gasteiger partial charge in [0.1, 0.15) is 11.3 Å². The number of nitrogens with zero attached hydrogens (tertiary/aromatic N) is 2. The van der Waals surface area contributed by atoms with E-state index in [0.29, 0.717) is 5.69 Å². The lowest BCUT2D eigenvalue weighted by Gasteiger charge is -2.08. The van der Waals surface area contributed by atoms with Gasteiger partial charge in [-0.2, -0.15) is 5.10 Å². The first kappa shape index (κ1) is 13.5. The normalized spacial score (nSPS) is 10.2. The van der Waals surface area contributed by atoms with Gasteiger partial charge in [0.05, 0.1) is 11.9 Å². The third-order valence-corrected chi connectivity index (χ3v) is 3.45. The Morgan fingerprint density at radius 1 is 1.37 bits per heavy atom. The molecule has 0 saturated carbocycles. The third-order valence-electron chi connectivity index (χ3n) is 2.51. The average Bonchev–Trinajstić information content (AvgIpc) is 2.74. The van der Waals surface area contributed by atoms with Gasteiger partial charge in [-0.1, -0.05) is 12.1 Å². The lowest BCUT2D eigenvalue weighted by Crippen LogP contribution is -2.19. The second kappa shape index (κ2) is 5.39. The van der Waals surface area contributed by atoms with E-state index in [1.54, 1.807) is 12.1 Å². The van der Waals surface area contributed by atoms with Crippen LogP contribution in [0, 0.1) is 3.57 Å². The molecule has 0 aliphatic heterocycles. The number of halogens is 1. The number of aromatic carboxylic acids is 1. The number of carbonyl (C=O) groups is 2. The Morgan fingerprint density at radius 2 is 2.05 bits per heavy atom. The van der Waals surface area contributed by atoms with E-state index in [1.807, 2.05) is 12.1 Å². The van der Waals surface area contributed by atoms with E-state index in [0.717, 1.165) is 9.77 Å². The molecular weight excluding hydrogens is 361 g/mol. The van der Waals surface area contributed by atoms with E-state index in [1.165, 1.54) is 11.7 Å². The van der Waals surface area contributed by atoms with E-state index in [9.17, 15) is 9.59 Å². The molecule has 2 rings (SSSR count). The molecule has 1 aromatic heterocycles. The van der Waals surface area contributed by atoms with Crippen LogP contribution >= 0.6 is 22.6 Å². The van der Waals surface area contributed by atoms with Gasteiger partial charge in [-0.15, -0.1) is 0 Å². The van der Waals surface area contributed by atoms with Crippen molar-refractivity contribution >= 4 is 40.2 Å². The van der Waals surface area contributed by atoms with Gasteiger partial charge in [0.15, 0.2) is 0 Å². The Labute approximate surface area is 122 Å². The van der Waals surface area contributed by atoms with Gasteiger partial charge < -0.3 is 10.4 Å². The number of anilines is 1. The summed E-state index contributed by atoms with van der Waals surface area (Å²) in [5, 5.41) is 15.5. The fraction of sp³-hybridized carbons (Fsp3) is 0.0833. The predicted octanol–water partition coefficient (Wildman–Crippen LogP) is 1.98. The minimum Gasteiger partial charge on any atom is -0.478 e. The molecule has 0 spiro atoms. The Kier molecular flexibility index (Phi) is 3.84. The van der Waals surface area contributed by atoms with Crippen LogP contribution in [0.4, 0.5) is 5.69 Å². The summed E-state index contributed by atoms with van der Waals surface area (Å²) in [6.45, 7) is 0. The zero-order chi connectivity index (χ0) is 14.0. The molecule has 1 aromatic carbocycles. The van der Waals surface area contributed by atoms with Gasteiger partial charge in [-0.3, -0.25) is 9.48 Å². The maximum atomic E-state index is 12.1. The highest BCUT2D eigenvalue weighted by atomic mass is 127. The summed E-state index contributed by atoms with van der Waals surface area (Å²) in [6, 6.07) is 7.23. The van der Waals surface area contributed by atoms with Gasteiger partial charge in [0.2, 0.25) is 0 Å². The largest absolute Gasteiger partial charge is 0.478 e. The van der Waals surface area contributed by atoms with Crippen molar-refractivity contribution in [2.75, 3.05) is 5.32 Å². The highest BCUT2D eigenvalue weighted by Gasteiger charge is 2.21. The molecule has 0 aliphatic carbocycles. The van der Waals surface area contributed by atoms with Crippen molar-refractivity contribution in [2.24, 2.45) is 7.05 Å². The molecule has 0 atom stereocenters. The Morgan fingerprint density at radius 3 is 2.68 bits per heavy atom. The second-order valence-electron chi connectivity index (χ2n) is 3.77. The summed E-state index contributed by atoms with van der Waals surface area (Å²) in [7, 11) is 1.53. The number of aryl methyl sites for hydroxylation is 1. The Bertz CT molecular complexity index is 651. The predicted molar refractivity (Wildman–Crippen MR) is 77.3 cm³/mol. The number of benzene rings is 1. The molecular formula is C12H10IN3O3. The molecule has 0 aliphatic rings. The maximum Gasteiger partial charge on any atom is 0.339 e. The van der Waals surface area contributed by atoms with Crippen LogP contribution in [0.25, 0.3) is 0 Å². The molecule has 0 fully saturated rings. The summed E-state index contributed by atoms with van der Waals surface area (Å²) >= 11 is 2.09. The lowest BCUT2D eigenvalue weighted by atomic mass is 10.2. The van der Waals surface area contributed by atoms with Crippen molar-refractivity contribution < 1.29 is 14.7 Å². The van der Waals surface area contributed by atoms with Crippen LogP contribution in [0.15, 0.2) is 30.5 Å². The number of para-hydroxylation sites is 1. The first-order valence-corrected chi connectivity index (χ1v) is 6.39. The number of hydrogen-bond donors (Lipinski definition) is 2. The second-order valence-corrected chi connectivity index (χ2v) is 4.93. The van der Waals surface area contributed by atoms with E-state index in [2.05, 4.69) is 33.0 Å². The number of hydrogen-bond acceptors (Lipinski definition) is 3. The maximum absolute atomic E-state index is 12.1. The van der Waals surface area contributed by atoms with Gasteiger partial charge in [-0.25, -0.2) is 4.79 Å². The van der Waals surface area contributed by atoms with Crippen molar-refractivity contribution in [1.29, 1.82) is 0 Å². The van der Waals surface area contributed by atoms with Crippen molar-refractivity contribution in [3.05, 3.63) is 45.3 Å². The van der Waals surface area contributed by atoms with Crippen LogP contribution in [0.3, 0.4) is 0 Å². The molecule has 2 aromatic rings. The summed E-state index contributed by atoms with van der Waals surface area (Å²) in [4.78, 5) is 23.2. The summed E-state index contributed by atoms with van der Waals surface area (Å²) < 4.78 is 2.11. The fourth-order valence-corrected chi connectivity index (χ4v) is 2.13. The number of rotatable bonds is 3. The molecule has 1 heterocycles. The third kappa shape index (κ3) is 2.75. The van der Waals surface area contributed by atoms with Gasteiger partial charge in [0, 0.05) is 10.6 Å². The van der Waals surface area contributed by atoms with Crippen molar-refractivity contribution in [1.82, 2.24) is 9.78 Å². The number of carbonyl (C=O) groups excluding carboxylic acids is 1. The summed E-state index contributed by atoms with van der Waals surface area (Å²) in [6.07, 6.45) is 1.16. The van der Waals surface area contributed by atoms with Gasteiger partial charge >= 0.3 is 5.97 Å². The monoisotopic (exact) mass is 371 g/mol. The fourth-order valence-electron chi connectivity index (χ4n) is 1.61. The van der Waals surface area contributed by atoms with Crippen LogP contribution in [0.1, 0.15) is 20.8 Å². The Hall–Kier alpha value is -1.90. The Balaban J connectivity index is 2.33. The first-order valence-electron chi connectivity index (χ1n) is 5.32. The van der Waals surface area contributed by atoms with Crippen molar-refractivity contribution in [2.45, 2.75) is 0 Å². The molecule has 6 nitrogen and oxygen atoms in total. The molecule has 0 radical (unpaired) electrons. The first-order chi connectivity index (χ1) is 9.00. The van der Waals surface area contributed by atoms with E-state index in [4.69, 9.17) is 5.11 Å². The zero-order valence-corrected chi connectivity index (χ0v) is 12.1. The van der Waals surface area contributed by atoms with Gasteiger partial charge in [0.25, 0.3) is 5.91 Å². The minimum absolute atomic E-state index is 0.0205. The number of nitrogens with one attached hydrogen (secondary N) is 1. The average molecular weight is 371 g/mol. The molecule has 0 bridgehead atoms. The van der Waals surface area contributed by atoms with Gasteiger partial charge in [-0.05, 0) is 34.7 Å². The van der Waals surface area contributed by atoms with Crippen LogP contribution in [-0.4, -0.2) is 26.8 Å². The number of carboxylic acids is 1. The van der Waals surface area contributed by atoms with Crippen LogP contribution in [-0.2, 0) is 7.05 Å². The number of amides is 1. The molecule has 19 heavy (non-hydrogen) atoms. The quantitative estimate of drug-likeness (QED) is 0.809.